The van der Waals surface area contributed by atoms with Crippen molar-refractivity contribution >= 4 is 17.6 Å². The molecule has 0 heterocycles. The smallest absolute Gasteiger partial charge is 0.314 e. The molecule has 7 nitrogen and oxygen atoms in total. The summed E-state index contributed by atoms with van der Waals surface area (Å²) in [7, 11) is 0. The van der Waals surface area contributed by atoms with Crippen LogP contribution in [0.5, 0.6) is 0 Å². The van der Waals surface area contributed by atoms with Gasteiger partial charge < -0.3 is 10.2 Å². The van der Waals surface area contributed by atoms with E-state index in [0.717, 1.165) is 0 Å². The van der Waals surface area contributed by atoms with Crippen LogP contribution in [0, 0.1) is 15.5 Å². The van der Waals surface area contributed by atoms with E-state index < -0.39 is 27.7 Å². The average molecular weight is 279 g/mol. The van der Waals surface area contributed by atoms with E-state index in [0.29, 0.717) is 5.56 Å². The highest BCUT2D eigenvalue weighted by molar-refractivity contribution is 5.88. The summed E-state index contributed by atoms with van der Waals surface area (Å²) in [4.78, 5) is 32.6. The van der Waals surface area contributed by atoms with Gasteiger partial charge in [0.05, 0.1) is 15.8 Å². The molecule has 0 aromatic heterocycles. The largest absolute Gasteiger partial charge is 0.481 e. The fourth-order valence-electron chi connectivity index (χ4n) is 2.81. The first-order valence-corrected chi connectivity index (χ1v) is 5.93. The normalized spacial score (nSPS) is 28.4. The van der Waals surface area contributed by atoms with E-state index in [1.807, 2.05) is 0 Å². The van der Waals surface area contributed by atoms with E-state index in [1.54, 1.807) is 0 Å². The van der Waals surface area contributed by atoms with E-state index in [-0.39, 0.29) is 18.5 Å². The molecule has 0 amide bonds. The second-order valence-electron chi connectivity index (χ2n) is 5.41. The molecule has 0 saturated heterocycles. The molecular weight excluding hydrogens is 266 g/mol. The molecule has 1 aromatic rings. The van der Waals surface area contributed by atoms with Gasteiger partial charge in [-0.25, -0.2) is 0 Å². The van der Waals surface area contributed by atoms with E-state index in [2.05, 4.69) is 0 Å². The van der Waals surface area contributed by atoms with Crippen LogP contribution in [0.2, 0.25) is 0 Å². The van der Waals surface area contributed by atoms with Gasteiger partial charge in [0.2, 0.25) is 0 Å². The van der Waals surface area contributed by atoms with E-state index >= 15 is 0 Å². The van der Waals surface area contributed by atoms with Gasteiger partial charge in [-0.1, -0.05) is 12.1 Å². The Bertz CT molecular complexity index is 585. The van der Waals surface area contributed by atoms with Gasteiger partial charge in [-0.3, -0.25) is 19.7 Å². The van der Waals surface area contributed by atoms with Crippen molar-refractivity contribution in [3.63, 3.8) is 0 Å². The number of nitrogens with zero attached hydrogens (tertiary/aromatic N) is 1. The molecule has 7 heteroatoms. The number of aliphatic carboxylic acids is 2. The third-order valence-electron chi connectivity index (χ3n) is 3.94. The summed E-state index contributed by atoms with van der Waals surface area (Å²) < 4.78 is 0. The molecule has 2 N–H and O–H groups in total. The van der Waals surface area contributed by atoms with Gasteiger partial charge in [-0.15, -0.1) is 0 Å². The SMILES string of the molecule is C[C@]1(C(=O)O)C[C@](C(=O)O)(c2ccc([N+](=O)[O-])cc2)C1. The van der Waals surface area contributed by atoms with Gasteiger partial charge in [0, 0.05) is 12.1 Å². The molecule has 1 saturated carbocycles. The van der Waals surface area contributed by atoms with Crippen molar-refractivity contribution in [2.45, 2.75) is 25.2 Å². The Labute approximate surface area is 114 Å². The number of carboxylic acid groups (broad SMARTS) is 2. The monoisotopic (exact) mass is 279 g/mol. The van der Waals surface area contributed by atoms with Crippen LogP contribution in [-0.4, -0.2) is 27.1 Å². The van der Waals surface area contributed by atoms with Crippen LogP contribution in [0.4, 0.5) is 5.69 Å². The summed E-state index contributed by atoms with van der Waals surface area (Å²) in [5.74, 6) is -2.14. The van der Waals surface area contributed by atoms with Crippen LogP contribution in [0.1, 0.15) is 25.3 Å². The van der Waals surface area contributed by atoms with Crippen molar-refractivity contribution in [3.05, 3.63) is 39.9 Å². The van der Waals surface area contributed by atoms with E-state index in [1.165, 1.54) is 31.2 Å². The maximum atomic E-state index is 11.5. The number of benzene rings is 1. The Kier molecular flexibility index (Phi) is 3.00. The summed E-state index contributed by atoms with van der Waals surface area (Å²) in [6.45, 7) is 1.50. The maximum absolute atomic E-state index is 11.5. The molecule has 20 heavy (non-hydrogen) atoms. The van der Waals surface area contributed by atoms with Crippen molar-refractivity contribution in [2.75, 3.05) is 0 Å². The van der Waals surface area contributed by atoms with Gasteiger partial charge in [-0.2, -0.15) is 0 Å². The number of carbonyl (C=O) groups is 2. The van der Waals surface area contributed by atoms with Crippen LogP contribution in [0.15, 0.2) is 24.3 Å². The number of rotatable bonds is 4. The highest BCUT2D eigenvalue weighted by Gasteiger charge is 2.61. The molecule has 0 atom stereocenters. The van der Waals surface area contributed by atoms with Crippen molar-refractivity contribution in [1.82, 2.24) is 0 Å². The van der Waals surface area contributed by atoms with Crippen molar-refractivity contribution < 1.29 is 24.7 Å². The summed E-state index contributed by atoms with van der Waals surface area (Å²) >= 11 is 0. The number of hydrogen-bond donors (Lipinski definition) is 2. The average Bonchev–Trinajstić information content (AvgIpc) is 2.34. The molecule has 1 aliphatic rings. The van der Waals surface area contributed by atoms with Crippen LogP contribution < -0.4 is 0 Å². The lowest BCUT2D eigenvalue weighted by atomic mass is 9.51. The zero-order chi connectivity index (χ0) is 15.1. The lowest BCUT2D eigenvalue weighted by molar-refractivity contribution is -0.384. The van der Waals surface area contributed by atoms with Gasteiger partial charge in [0.25, 0.3) is 5.69 Å². The molecule has 0 radical (unpaired) electrons. The van der Waals surface area contributed by atoms with Crippen molar-refractivity contribution in [1.29, 1.82) is 0 Å². The minimum Gasteiger partial charge on any atom is -0.481 e. The second-order valence-corrected chi connectivity index (χ2v) is 5.41. The molecule has 2 rings (SSSR count). The second kappa shape index (κ2) is 4.29. The van der Waals surface area contributed by atoms with Crippen LogP contribution in [0.3, 0.4) is 0 Å². The first kappa shape index (κ1) is 14.0. The summed E-state index contributed by atoms with van der Waals surface area (Å²) in [5, 5.41) is 29.1. The highest BCUT2D eigenvalue weighted by Crippen LogP contribution is 2.56. The molecule has 0 aliphatic heterocycles. The zero-order valence-corrected chi connectivity index (χ0v) is 10.7. The number of nitro benzene ring substituents is 1. The molecular formula is C13H13NO6. The van der Waals surface area contributed by atoms with Crippen LogP contribution >= 0.6 is 0 Å². The molecule has 0 bridgehead atoms. The topological polar surface area (TPSA) is 118 Å². The van der Waals surface area contributed by atoms with Crippen molar-refractivity contribution in [3.8, 4) is 0 Å². The number of nitro groups is 1. The fourth-order valence-corrected chi connectivity index (χ4v) is 2.81. The number of carboxylic acids is 2. The van der Waals surface area contributed by atoms with Gasteiger partial charge in [0.1, 0.15) is 0 Å². The predicted octanol–water partition coefficient (Wildman–Crippen LogP) is 1.80. The Morgan fingerprint density at radius 2 is 1.65 bits per heavy atom. The summed E-state index contributed by atoms with van der Waals surface area (Å²) in [6, 6.07) is 5.23. The minimum atomic E-state index is -1.28. The maximum Gasteiger partial charge on any atom is 0.314 e. The van der Waals surface area contributed by atoms with Gasteiger partial charge >= 0.3 is 11.9 Å². The Morgan fingerprint density at radius 3 is 2.00 bits per heavy atom. The fraction of sp³-hybridized carbons (Fsp3) is 0.385. The standard InChI is InChI=1S/C13H13NO6/c1-12(10(15)16)6-13(7-12,11(17)18)8-2-4-9(5-3-8)14(19)20/h2-5H,6-7H2,1H3,(H,15,16)(H,17,18)/t12-,13+. The first-order valence-electron chi connectivity index (χ1n) is 5.93. The third-order valence-corrected chi connectivity index (χ3v) is 3.94. The first-order chi connectivity index (χ1) is 9.21. The molecule has 1 aliphatic carbocycles. The third kappa shape index (κ3) is 1.91. The summed E-state index contributed by atoms with van der Waals surface area (Å²) in [5.41, 5.74) is -2.08. The Balaban J connectivity index is 2.35. The molecule has 0 unspecified atom stereocenters. The lowest BCUT2D eigenvalue weighted by Gasteiger charge is -2.49. The van der Waals surface area contributed by atoms with Crippen molar-refractivity contribution in [2.24, 2.45) is 5.41 Å². The minimum absolute atomic E-state index is 0.0253. The molecule has 0 spiro atoms. The Morgan fingerprint density at radius 1 is 1.15 bits per heavy atom. The number of hydrogen-bond acceptors (Lipinski definition) is 4. The molecule has 1 fully saturated rings. The molecule has 106 valence electrons. The Hall–Kier alpha value is -2.44. The van der Waals surface area contributed by atoms with E-state index in [4.69, 9.17) is 5.11 Å². The van der Waals surface area contributed by atoms with Gasteiger partial charge in [-0.05, 0) is 25.3 Å². The van der Waals surface area contributed by atoms with Crippen LogP contribution in [-0.2, 0) is 15.0 Å². The van der Waals surface area contributed by atoms with Gasteiger partial charge in [0.15, 0.2) is 0 Å². The quantitative estimate of drug-likeness (QED) is 0.641. The molecule has 1 aromatic carbocycles. The lowest BCUT2D eigenvalue weighted by Crippen LogP contribution is -2.56. The van der Waals surface area contributed by atoms with E-state index in [9.17, 15) is 24.8 Å². The summed E-state index contributed by atoms with van der Waals surface area (Å²) in [6.07, 6.45) is -0.0506. The highest BCUT2D eigenvalue weighted by atomic mass is 16.6. The zero-order valence-electron chi connectivity index (χ0n) is 10.7. The predicted molar refractivity (Wildman–Crippen MR) is 67.4 cm³/mol. The number of non-ortho nitro benzene ring substituents is 1. The van der Waals surface area contributed by atoms with Crippen LogP contribution in [0.25, 0.3) is 0 Å².